The van der Waals surface area contributed by atoms with Crippen LogP contribution in [-0.2, 0) is 0 Å². The summed E-state index contributed by atoms with van der Waals surface area (Å²) in [6, 6.07) is 8.66. The average Bonchev–Trinajstić information content (AvgIpc) is 2.41. The fourth-order valence-electron chi connectivity index (χ4n) is 2.55. The molecule has 98 valence electrons. The molecule has 4 heteroatoms. The van der Waals surface area contributed by atoms with Gasteiger partial charge in [-0.25, -0.2) is 15.4 Å². The van der Waals surface area contributed by atoms with Gasteiger partial charge in [0.2, 0.25) is 0 Å². The van der Waals surface area contributed by atoms with Crippen LogP contribution in [0.25, 0.3) is 0 Å². The average molecular weight is 254 g/mol. The van der Waals surface area contributed by atoms with Crippen LogP contribution >= 0.6 is 0 Å². The van der Waals surface area contributed by atoms with Gasteiger partial charge in [0.1, 0.15) is 6.33 Å². The largest absolute Gasteiger partial charge is 0.271 e. The van der Waals surface area contributed by atoms with E-state index >= 15 is 0 Å². The first-order valence-corrected chi connectivity index (χ1v) is 6.69. The van der Waals surface area contributed by atoms with Crippen LogP contribution in [0.5, 0.6) is 0 Å². The molecule has 1 fully saturated rings. The van der Waals surface area contributed by atoms with E-state index in [2.05, 4.69) is 39.7 Å². The van der Waals surface area contributed by atoms with Gasteiger partial charge in [-0.3, -0.25) is 5.84 Å². The number of aromatic nitrogens is 2. The van der Waals surface area contributed by atoms with Crippen LogP contribution in [0.2, 0.25) is 0 Å². The van der Waals surface area contributed by atoms with Crippen LogP contribution in [0.1, 0.15) is 47.9 Å². The zero-order chi connectivity index (χ0) is 13.1. The Kier molecular flexibility index (Phi) is 3.53. The van der Waals surface area contributed by atoms with E-state index in [1.54, 1.807) is 12.4 Å². The zero-order valence-corrected chi connectivity index (χ0v) is 10.8. The summed E-state index contributed by atoms with van der Waals surface area (Å²) in [4.78, 5) is 8.08. The maximum atomic E-state index is 5.67. The van der Waals surface area contributed by atoms with E-state index in [0.29, 0.717) is 0 Å². The maximum absolute atomic E-state index is 5.67. The minimum absolute atomic E-state index is 0.0587. The van der Waals surface area contributed by atoms with Crippen LogP contribution in [-0.4, -0.2) is 9.97 Å². The highest BCUT2D eigenvalue weighted by atomic mass is 15.2. The van der Waals surface area contributed by atoms with Crippen molar-refractivity contribution in [2.45, 2.75) is 31.2 Å². The van der Waals surface area contributed by atoms with Crippen LogP contribution in [0, 0.1) is 0 Å². The van der Waals surface area contributed by atoms with Gasteiger partial charge in [-0.15, -0.1) is 0 Å². The number of hydrazine groups is 1. The predicted octanol–water partition coefficient (Wildman–Crippen LogP) is 2.30. The number of nitrogens with one attached hydrogen (secondary N) is 1. The Balaban J connectivity index is 1.83. The molecule has 1 saturated carbocycles. The van der Waals surface area contributed by atoms with Crippen molar-refractivity contribution in [3.8, 4) is 0 Å². The molecule has 0 aliphatic heterocycles. The number of hydrogen-bond donors (Lipinski definition) is 2. The first kappa shape index (κ1) is 12.3. The summed E-state index contributed by atoms with van der Waals surface area (Å²) in [5.74, 6) is 6.43. The summed E-state index contributed by atoms with van der Waals surface area (Å²) in [6.07, 6.45) is 9.11. The van der Waals surface area contributed by atoms with E-state index in [0.717, 1.165) is 17.0 Å². The van der Waals surface area contributed by atoms with Crippen molar-refractivity contribution in [2.75, 3.05) is 0 Å². The smallest absolute Gasteiger partial charge is 0.115 e. The third kappa shape index (κ3) is 2.50. The lowest BCUT2D eigenvalue weighted by Crippen LogP contribution is -2.29. The van der Waals surface area contributed by atoms with Crippen molar-refractivity contribution in [2.24, 2.45) is 5.84 Å². The first-order valence-electron chi connectivity index (χ1n) is 6.69. The third-order valence-corrected chi connectivity index (χ3v) is 3.93. The van der Waals surface area contributed by atoms with E-state index < -0.39 is 0 Å². The molecule has 0 radical (unpaired) electrons. The molecule has 0 spiro atoms. The molecule has 3 N–H and O–H groups in total. The van der Waals surface area contributed by atoms with Gasteiger partial charge in [-0.05, 0) is 29.9 Å². The fraction of sp³-hybridized carbons (Fsp3) is 0.333. The van der Waals surface area contributed by atoms with Gasteiger partial charge in [-0.2, -0.15) is 0 Å². The van der Waals surface area contributed by atoms with Gasteiger partial charge >= 0.3 is 0 Å². The summed E-state index contributed by atoms with van der Waals surface area (Å²) in [6.45, 7) is 0. The van der Waals surface area contributed by atoms with E-state index in [-0.39, 0.29) is 6.04 Å². The molecule has 1 atom stereocenters. The third-order valence-electron chi connectivity index (χ3n) is 3.93. The SMILES string of the molecule is NNC(c1ccc(C2CCC2)cc1)c1cncnc1. The first-order chi connectivity index (χ1) is 9.38. The molecule has 0 amide bonds. The Morgan fingerprint density at radius 2 is 1.74 bits per heavy atom. The topological polar surface area (TPSA) is 63.8 Å². The highest BCUT2D eigenvalue weighted by molar-refractivity contribution is 5.33. The quantitative estimate of drug-likeness (QED) is 0.649. The molecule has 4 nitrogen and oxygen atoms in total. The highest BCUT2D eigenvalue weighted by Crippen LogP contribution is 2.36. The molecule has 2 aromatic rings. The molecular formula is C15H18N4. The summed E-state index contributed by atoms with van der Waals surface area (Å²) < 4.78 is 0. The van der Waals surface area contributed by atoms with E-state index in [1.807, 2.05) is 0 Å². The van der Waals surface area contributed by atoms with E-state index in [9.17, 15) is 0 Å². The van der Waals surface area contributed by atoms with E-state index in [1.165, 1.54) is 31.2 Å². The normalized spacial score (nSPS) is 16.9. The van der Waals surface area contributed by atoms with Gasteiger partial charge in [0.25, 0.3) is 0 Å². The van der Waals surface area contributed by atoms with Crippen LogP contribution in [0.15, 0.2) is 43.0 Å². The minimum atomic E-state index is -0.0587. The lowest BCUT2D eigenvalue weighted by molar-refractivity contribution is 0.419. The molecule has 3 rings (SSSR count). The Morgan fingerprint density at radius 1 is 1.05 bits per heavy atom. The number of nitrogens with zero attached hydrogens (tertiary/aromatic N) is 2. The van der Waals surface area contributed by atoms with E-state index in [4.69, 9.17) is 5.84 Å². The van der Waals surface area contributed by atoms with Gasteiger partial charge < -0.3 is 0 Å². The molecule has 0 bridgehead atoms. The van der Waals surface area contributed by atoms with Crippen molar-refractivity contribution < 1.29 is 0 Å². The molecule has 1 aliphatic rings. The number of hydrogen-bond acceptors (Lipinski definition) is 4. The van der Waals surface area contributed by atoms with Crippen molar-refractivity contribution in [3.63, 3.8) is 0 Å². The maximum Gasteiger partial charge on any atom is 0.115 e. The molecule has 1 heterocycles. The second-order valence-corrected chi connectivity index (χ2v) is 5.07. The van der Waals surface area contributed by atoms with Gasteiger partial charge in [-0.1, -0.05) is 30.7 Å². The molecule has 1 aliphatic carbocycles. The molecular weight excluding hydrogens is 236 g/mol. The van der Waals surface area contributed by atoms with Crippen molar-refractivity contribution in [1.82, 2.24) is 15.4 Å². The van der Waals surface area contributed by atoms with Gasteiger partial charge in [0, 0.05) is 18.0 Å². The molecule has 1 aromatic carbocycles. The van der Waals surface area contributed by atoms with Crippen molar-refractivity contribution >= 4 is 0 Å². The molecule has 0 saturated heterocycles. The molecule has 19 heavy (non-hydrogen) atoms. The second kappa shape index (κ2) is 5.47. The number of nitrogens with two attached hydrogens (primary N) is 1. The lowest BCUT2D eigenvalue weighted by Gasteiger charge is -2.26. The molecule has 1 aromatic heterocycles. The Bertz CT molecular complexity index is 520. The Morgan fingerprint density at radius 3 is 2.26 bits per heavy atom. The summed E-state index contributed by atoms with van der Waals surface area (Å²) in [5.41, 5.74) is 6.38. The minimum Gasteiger partial charge on any atom is -0.271 e. The molecule has 1 unspecified atom stereocenters. The van der Waals surface area contributed by atoms with Crippen LogP contribution < -0.4 is 11.3 Å². The van der Waals surface area contributed by atoms with Crippen molar-refractivity contribution in [1.29, 1.82) is 0 Å². The van der Waals surface area contributed by atoms with Gasteiger partial charge in [0.05, 0.1) is 6.04 Å². The Labute approximate surface area is 113 Å². The summed E-state index contributed by atoms with van der Waals surface area (Å²) in [7, 11) is 0. The number of benzene rings is 1. The highest BCUT2D eigenvalue weighted by Gasteiger charge is 2.20. The van der Waals surface area contributed by atoms with Crippen LogP contribution in [0.4, 0.5) is 0 Å². The number of rotatable bonds is 4. The van der Waals surface area contributed by atoms with Crippen molar-refractivity contribution in [3.05, 3.63) is 59.7 Å². The predicted molar refractivity (Wildman–Crippen MR) is 74.2 cm³/mol. The van der Waals surface area contributed by atoms with Gasteiger partial charge in [0.15, 0.2) is 0 Å². The summed E-state index contributed by atoms with van der Waals surface area (Å²) in [5, 5.41) is 0. The summed E-state index contributed by atoms with van der Waals surface area (Å²) >= 11 is 0. The standard InChI is InChI=1S/C15H18N4/c16-19-15(14-8-17-10-18-9-14)13-6-4-12(5-7-13)11-2-1-3-11/h4-11,15,19H,1-3,16H2. The fourth-order valence-corrected chi connectivity index (χ4v) is 2.55. The Hall–Kier alpha value is -1.78. The van der Waals surface area contributed by atoms with Crippen LogP contribution in [0.3, 0.4) is 0 Å². The zero-order valence-electron chi connectivity index (χ0n) is 10.8. The second-order valence-electron chi connectivity index (χ2n) is 5.07. The monoisotopic (exact) mass is 254 g/mol. The lowest BCUT2D eigenvalue weighted by atomic mass is 9.80.